The number of nitrogens with one attached hydrogen (secondary N) is 3. The summed E-state index contributed by atoms with van der Waals surface area (Å²) in [6, 6.07) is 8.48. The Balaban J connectivity index is 1.53. The van der Waals surface area contributed by atoms with E-state index >= 15 is 0 Å². The van der Waals surface area contributed by atoms with Crippen molar-refractivity contribution in [2.45, 2.75) is 150 Å². The van der Waals surface area contributed by atoms with E-state index in [0.717, 1.165) is 18.4 Å². The fraction of sp³-hybridized carbons (Fsp3) is 0.628. The summed E-state index contributed by atoms with van der Waals surface area (Å²) < 4.78 is 30.3. The van der Waals surface area contributed by atoms with Gasteiger partial charge in [0.25, 0.3) is 5.91 Å². The van der Waals surface area contributed by atoms with Gasteiger partial charge in [-0.1, -0.05) is 46.8 Å². The van der Waals surface area contributed by atoms with Crippen LogP contribution in [0.1, 0.15) is 139 Å². The van der Waals surface area contributed by atoms with Crippen molar-refractivity contribution in [1.82, 2.24) is 16.0 Å². The molecule has 4 unspecified atom stereocenters. The highest BCUT2D eigenvalue weighted by atomic mass is 16.7. The van der Waals surface area contributed by atoms with Crippen molar-refractivity contribution in [3.8, 4) is 5.75 Å². The van der Waals surface area contributed by atoms with Crippen molar-refractivity contribution in [2.24, 2.45) is 17.3 Å². The Morgan fingerprint density at radius 1 is 0.877 bits per heavy atom. The highest BCUT2D eigenvalue weighted by molar-refractivity contribution is 6.48. The Bertz CT molecular complexity index is 1830. The number of carboxylic acid groups (broad SMARTS) is 1. The summed E-state index contributed by atoms with van der Waals surface area (Å²) in [6.07, 6.45) is 0.596. The molecule has 6 rings (SSSR count). The van der Waals surface area contributed by atoms with E-state index < -0.39 is 59.3 Å². The lowest BCUT2D eigenvalue weighted by Gasteiger charge is -2.64. The maximum atomic E-state index is 14.6. The summed E-state index contributed by atoms with van der Waals surface area (Å²) >= 11 is 0. The number of benzene rings is 2. The normalized spacial score (nSPS) is 23.0. The standard InChI is InChI=1S/C43H62BN3O10/c1-39(2,3)30-15-14-28(36(49)50)34(53-13)29(30)21-33(44-56-32-20-27-19-31(42(27,10)11)43(32,12)57-44)47-35(48)26-17-24(22-45-37(51)54-40(4,5)6)16-25(18-26)23-46-38(52)55-41(7,8)9/h14-18,27,31-33H,19-23H2,1-13H3,(H,45,51)(H,46,52)(H,47,48)(H,49,50)/t27?,31?,32?,33-,43?/m0/s1. The number of ether oxygens (including phenoxy) is 3. The molecule has 13 nitrogen and oxygen atoms in total. The van der Waals surface area contributed by atoms with E-state index in [0.29, 0.717) is 22.6 Å². The lowest BCUT2D eigenvalue weighted by molar-refractivity contribution is -0.199. The van der Waals surface area contributed by atoms with Gasteiger partial charge in [0.1, 0.15) is 22.5 Å². The van der Waals surface area contributed by atoms with Gasteiger partial charge in [0.2, 0.25) is 0 Å². The molecular formula is C43H62BN3O10. The average molecular weight is 792 g/mol. The van der Waals surface area contributed by atoms with Gasteiger partial charge in [-0.3, -0.25) is 4.79 Å². The van der Waals surface area contributed by atoms with Gasteiger partial charge in [-0.25, -0.2) is 14.4 Å². The Morgan fingerprint density at radius 3 is 1.91 bits per heavy atom. The Hall–Kier alpha value is -4.30. The maximum Gasteiger partial charge on any atom is 0.482 e. The van der Waals surface area contributed by atoms with Crippen molar-refractivity contribution in [2.75, 3.05) is 7.11 Å². The molecule has 1 heterocycles. The van der Waals surface area contributed by atoms with Crippen LogP contribution in [0.25, 0.3) is 0 Å². The first-order valence-corrected chi connectivity index (χ1v) is 19.9. The van der Waals surface area contributed by atoms with E-state index in [9.17, 15) is 24.3 Å². The van der Waals surface area contributed by atoms with Crippen LogP contribution >= 0.6 is 0 Å². The molecule has 4 aliphatic rings. The highest BCUT2D eigenvalue weighted by Crippen LogP contribution is 2.65. The molecule has 3 saturated carbocycles. The fourth-order valence-corrected chi connectivity index (χ4v) is 8.77. The number of hydrogen-bond donors (Lipinski definition) is 4. The summed E-state index contributed by atoms with van der Waals surface area (Å²) in [4.78, 5) is 52.2. The molecule has 5 atom stereocenters. The van der Waals surface area contributed by atoms with E-state index in [2.05, 4.69) is 36.7 Å². The minimum Gasteiger partial charge on any atom is -0.496 e. The first-order valence-electron chi connectivity index (χ1n) is 19.9. The number of carbonyl (C=O) groups excluding carboxylic acids is 3. The lowest BCUT2D eigenvalue weighted by atomic mass is 9.43. The Kier molecular flexibility index (Phi) is 12.2. The monoisotopic (exact) mass is 791 g/mol. The van der Waals surface area contributed by atoms with Crippen molar-refractivity contribution < 1.29 is 47.8 Å². The smallest absolute Gasteiger partial charge is 0.482 e. The number of carbonyl (C=O) groups is 4. The molecule has 0 spiro atoms. The summed E-state index contributed by atoms with van der Waals surface area (Å²) in [5.41, 5.74) is 0.599. The first-order chi connectivity index (χ1) is 26.2. The molecule has 0 radical (unpaired) electrons. The number of alkyl carbamates (subject to hydrolysis) is 2. The fourth-order valence-electron chi connectivity index (χ4n) is 8.77. The van der Waals surface area contributed by atoms with E-state index in [1.165, 1.54) is 7.11 Å². The SMILES string of the molecule is COc1c(C(=O)O)ccc(C(C)(C)C)c1C[C@H](NC(=O)c1cc(CNC(=O)OC(C)(C)C)cc(CNC(=O)OC(C)(C)C)c1)B1OC2CC3CC(C3(C)C)C2(C)O1. The molecule has 2 bridgehead atoms. The number of rotatable bonds is 11. The van der Waals surface area contributed by atoms with Gasteiger partial charge in [0.15, 0.2) is 0 Å². The second kappa shape index (κ2) is 15.8. The van der Waals surface area contributed by atoms with Gasteiger partial charge in [-0.15, -0.1) is 0 Å². The second-order valence-corrected chi connectivity index (χ2v) is 19.6. The molecule has 4 fully saturated rings. The number of methoxy groups -OCH3 is 1. The zero-order valence-corrected chi connectivity index (χ0v) is 35.9. The van der Waals surface area contributed by atoms with E-state index in [1.807, 2.05) is 20.8 Å². The van der Waals surface area contributed by atoms with Crippen LogP contribution in [0.2, 0.25) is 0 Å². The van der Waals surface area contributed by atoms with Crippen LogP contribution < -0.4 is 20.7 Å². The van der Waals surface area contributed by atoms with Gasteiger partial charge in [0.05, 0.1) is 24.8 Å². The number of hydrogen-bond acceptors (Lipinski definition) is 9. The molecule has 4 N–H and O–H groups in total. The van der Waals surface area contributed by atoms with E-state index in [1.54, 1.807) is 71.9 Å². The van der Waals surface area contributed by atoms with Crippen LogP contribution in [0.4, 0.5) is 9.59 Å². The largest absolute Gasteiger partial charge is 0.496 e. The Labute approximate surface area is 337 Å². The van der Waals surface area contributed by atoms with Gasteiger partial charge in [0, 0.05) is 24.2 Å². The molecule has 3 amide bonds. The average Bonchev–Trinajstić information content (AvgIpc) is 3.44. The zero-order valence-electron chi connectivity index (χ0n) is 35.9. The van der Waals surface area contributed by atoms with Gasteiger partial charge in [-0.05, 0) is 125 Å². The number of aromatic carboxylic acids is 1. The summed E-state index contributed by atoms with van der Waals surface area (Å²) in [5, 5.41) is 18.9. The molecule has 1 aliphatic heterocycles. The highest BCUT2D eigenvalue weighted by Gasteiger charge is 2.68. The molecule has 312 valence electrons. The van der Waals surface area contributed by atoms with E-state index in [4.69, 9.17) is 23.5 Å². The minimum absolute atomic E-state index is 0.00866. The topological polar surface area (TPSA) is 171 Å². The molecule has 2 aromatic rings. The molecule has 0 aromatic heterocycles. The predicted octanol–water partition coefficient (Wildman–Crippen LogP) is 7.35. The van der Waals surface area contributed by atoms with Crippen molar-refractivity contribution in [3.63, 3.8) is 0 Å². The van der Waals surface area contributed by atoms with Gasteiger partial charge < -0.3 is 44.6 Å². The molecule has 1 saturated heterocycles. The third kappa shape index (κ3) is 9.88. The van der Waals surface area contributed by atoms with Crippen molar-refractivity contribution in [1.29, 1.82) is 0 Å². The molecule has 2 aromatic carbocycles. The van der Waals surface area contributed by atoms with Crippen LogP contribution in [-0.4, -0.2) is 72.2 Å². The maximum absolute atomic E-state index is 14.6. The van der Waals surface area contributed by atoms with Crippen molar-refractivity contribution in [3.05, 3.63) is 63.7 Å². The van der Waals surface area contributed by atoms with Gasteiger partial charge in [-0.2, -0.15) is 0 Å². The predicted molar refractivity (Wildman–Crippen MR) is 216 cm³/mol. The van der Waals surface area contributed by atoms with Crippen LogP contribution in [0.5, 0.6) is 5.75 Å². The van der Waals surface area contributed by atoms with E-state index in [-0.39, 0.29) is 53.8 Å². The quantitative estimate of drug-likeness (QED) is 0.169. The zero-order chi connectivity index (χ0) is 42.5. The third-order valence-corrected chi connectivity index (χ3v) is 11.5. The summed E-state index contributed by atoms with van der Waals surface area (Å²) in [5.74, 6) is -1.40. The Morgan fingerprint density at radius 2 is 1.44 bits per heavy atom. The molecular weight excluding hydrogens is 729 g/mol. The van der Waals surface area contributed by atoms with Crippen LogP contribution in [-0.2, 0) is 43.7 Å². The summed E-state index contributed by atoms with van der Waals surface area (Å²) in [7, 11) is 0.582. The molecule has 57 heavy (non-hydrogen) atoms. The summed E-state index contributed by atoms with van der Waals surface area (Å²) in [6.45, 7) is 23.5. The number of carboxylic acids is 1. The number of amides is 3. The van der Waals surface area contributed by atoms with Crippen LogP contribution in [0.3, 0.4) is 0 Å². The molecule has 14 heteroatoms. The van der Waals surface area contributed by atoms with Crippen molar-refractivity contribution >= 4 is 31.2 Å². The van der Waals surface area contributed by atoms with Crippen LogP contribution in [0, 0.1) is 17.3 Å². The minimum atomic E-state index is -1.13. The van der Waals surface area contributed by atoms with Gasteiger partial charge >= 0.3 is 25.3 Å². The second-order valence-electron chi connectivity index (χ2n) is 19.6. The third-order valence-electron chi connectivity index (χ3n) is 11.5. The lowest BCUT2D eigenvalue weighted by Crippen LogP contribution is -2.65. The first kappa shape index (κ1) is 43.8. The van der Waals surface area contributed by atoms with Crippen LogP contribution in [0.15, 0.2) is 30.3 Å². The molecule has 3 aliphatic carbocycles.